The van der Waals surface area contributed by atoms with E-state index in [1.807, 2.05) is 0 Å². The molecule has 0 saturated heterocycles. The van der Waals surface area contributed by atoms with Gasteiger partial charge in [0.05, 0.1) is 0 Å². The van der Waals surface area contributed by atoms with Gasteiger partial charge in [-0.15, -0.1) is 0 Å². The minimum absolute atomic E-state index is 0.133. The Hall–Kier alpha value is -2.10. The molecule has 0 unspecified atom stereocenters. The highest BCUT2D eigenvalue weighted by Crippen LogP contribution is 2.17. The second kappa shape index (κ2) is 3.57. The van der Waals surface area contributed by atoms with Gasteiger partial charge in [0, 0.05) is 24.1 Å². The van der Waals surface area contributed by atoms with E-state index in [1.54, 1.807) is 24.3 Å². The second-order valence-electron chi connectivity index (χ2n) is 3.19. The maximum Gasteiger partial charge on any atom is 0.336 e. The molecular weight excluding hydrogens is 194 g/mol. The van der Waals surface area contributed by atoms with E-state index in [9.17, 15) is 9.59 Å². The monoisotopic (exact) mass is 203 g/mol. The Kier molecular flexibility index (Phi) is 2.25. The number of anilines is 1. The standard InChI is InChI=1S/C11H9NO3/c1-7(13)12-9-3-4-10-8(6-9)2-5-11(14)15-10/h2-6H,1H3,(H,12,13). The number of benzene rings is 1. The number of amides is 1. The zero-order valence-electron chi connectivity index (χ0n) is 8.11. The van der Waals surface area contributed by atoms with Crippen LogP contribution in [0.5, 0.6) is 0 Å². The Morgan fingerprint density at radius 2 is 2.07 bits per heavy atom. The summed E-state index contributed by atoms with van der Waals surface area (Å²) < 4.78 is 4.95. The van der Waals surface area contributed by atoms with Crippen molar-refractivity contribution in [3.63, 3.8) is 0 Å². The molecule has 4 heteroatoms. The number of carbonyl (C=O) groups excluding carboxylic acids is 1. The molecule has 0 aliphatic heterocycles. The van der Waals surface area contributed by atoms with Crippen LogP contribution in [0.1, 0.15) is 6.92 Å². The SMILES string of the molecule is CC(=O)Nc1ccc2oc(=O)ccc2c1. The predicted octanol–water partition coefficient (Wildman–Crippen LogP) is 1.75. The lowest BCUT2D eigenvalue weighted by Crippen LogP contribution is -2.05. The van der Waals surface area contributed by atoms with Gasteiger partial charge in [-0.05, 0) is 24.3 Å². The van der Waals surface area contributed by atoms with Crippen LogP contribution in [-0.2, 0) is 4.79 Å². The van der Waals surface area contributed by atoms with Crippen LogP contribution in [-0.4, -0.2) is 5.91 Å². The van der Waals surface area contributed by atoms with Crippen LogP contribution in [0.4, 0.5) is 5.69 Å². The first-order valence-corrected chi connectivity index (χ1v) is 4.47. The van der Waals surface area contributed by atoms with Crippen molar-refractivity contribution < 1.29 is 9.21 Å². The molecule has 0 saturated carbocycles. The van der Waals surface area contributed by atoms with Crippen molar-refractivity contribution in [3.8, 4) is 0 Å². The highest BCUT2D eigenvalue weighted by atomic mass is 16.4. The van der Waals surface area contributed by atoms with Gasteiger partial charge < -0.3 is 9.73 Å². The lowest BCUT2D eigenvalue weighted by atomic mass is 10.2. The molecule has 0 atom stereocenters. The first-order valence-electron chi connectivity index (χ1n) is 4.47. The summed E-state index contributed by atoms with van der Waals surface area (Å²) in [5, 5.41) is 3.43. The molecule has 2 aromatic rings. The topological polar surface area (TPSA) is 59.3 Å². The van der Waals surface area contributed by atoms with Gasteiger partial charge in [0.25, 0.3) is 0 Å². The summed E-state index contributed by atoms with van der Waals surface area (Å²) in [6.45, 7) is 1.44. The first-order chi connectivity index (χ1) is 7.15. The van der Waals surface area contributed by atoms with Crippen LogP contribution in [0.15, 0.2) is 39.5 Å². The molecule has 1 amide bonds. The largest absolute Gasteiger partial charge is 0.423 e. The molecule has 1 aromatic carbocycles. The van der Waals surface area contributed by atoms with E-state index >= 15 is 0 Å². The van der Waals surface area contributed by atoms with Gasteiger partial charge in [0.15, 0.2) is 0 Å². The molecule has 0 radical (unpaired) electrons. The van der Waals surface area contributed by atoms with Gasteiger partial charge in [-0.1, -0.05) is 0 Å². The lowest BCUT2D eigenvalue weighted by Gasteiger charge is -2.02. The third-order valence-electron chi connectivity index (χ3n) is 1.94. The van der Waals surface area contributed by atoms with Crippen molar-refractivity contribution in [1.29, 1.82) is 0 Å². The maximum absolute atomic E-state index is 10.9. The Labute approximate surface area is 85.5 Å². The fourth-order valence-corrected chi connectivity index (χ4v) is 1.35. The van der Waals surface area contributed by atoms with E-state index < -0.39 is 0 Å². The molecule has 2 rings (SSSR count). The fraction of sp³-hybridized carbons (Fsp3) is 0.0909. The van der Waals surface area contributed by atoms with Gasteiger partial charge >= 0.3 is 5.63 Å². The third kappa shape index (κ3) is 2.04. The van der Waals surface area contributed by atoms with E-state index in [1.165, 1.54) is 13.0 Å². The van der Waals surface area contributed by atoms with E-state index in [4.69, 9.17) is 4.42 Å². The smallest absolute Gasteiger partial charge is 0.336 e. The molecule has 76 valence electrons. The summed E-state index contributed by atoms with van der Waals surface area (Å²) in [5.41, 5.74) is 0.815. The number of nitrogens with one attached hydrogen (secondary N) is 1. The first kappa shape index (κ1) is 9.45. The summed E-state index contributed by atoms with van der Waals surface area (Å²) in [7, 11) is 0. The van der Waals surface area contributed by atoms with Crippen LogP contribution < -0.4 is 10.9 Å². The summed E-state index contributed by atoms with van der Waals surface area (Å²) >= 11 is 0. The van der Waals surface area contributed by atoms with E-state index in [0.29, 0.717) is 11.3 Å². The van der Waals surface area contributed by atoms with Gasteiger partial charge in [0.1, 0.15) is 5.58 Å². The maximum atomic E-state index is 10.9. The number of fused-ring (bicyclic) bond motifs is 1. The normalized spacial score (nSPS) is 10.2. The van der Waals surface area contributed by atoms with Crippen molar-refractivity contribution in [1.82, 2.24) is 0 Å². The molecule has 0 bridgehead atoms. The summed E-state index contributed by atoms with van der Waals surface area (Å²) in [6, 6.07) is 8.10. The van der Waals surface area contributed by atoms with Crippen molar-refractivity contribution in [3.05, 3.63) is 40.8 Å². The third-order valence-corrected chi connectivity index (χ3v) is 1.94. The fourth-order valence-electron chi connectivity index (χ4n) is 1.35. The van der Waals surface area contributed by atoms with Crippen LogP contribution in [0.2, 0.25) is 0 Å². The minimum Gasteiger partial charge on any atom is -0.423 e. The molecule has 15 heavy (non-hydrogen) atoms. The minimum atomic E-state index is -0.380. The van der Waals surface area contributed by atoms with Crippen LogP contribution in [0.3, 0.4) is 0 Å². The quantitative estimate of drug-likeness (QED) is 0.718. The molecule has 1 heterocycles. The van der Waals surface area contributed by atoms with Gasteiger partial charge in [0.2, 0.25) is 5.91 Å². The number of carbonyl (C=O) groups is 1. The summed E-state index contributed by atoms with van der Waals surface area (Å²) in [6.07, 6.45) is 0. The molecule has 0 aliphatic rings. The molecule has 0 fully saturated rings. The van der Waals surface area contributed by atoms with Crippen molar-refractivity contribution in [2.45, 2.75) is 6.92 Å². The average Bonchev–Trinajstić information content (AvgIpc) is 2.17. The van der Waals surface area contributed by atoms with E-state index in [0.717, 1.165) is 5.39 Å². The van der Waals surface area contributed by atoms with Crippen LogP contribution >= 0.6 is 0 Å². The van der Waals surface area contributed by atoms with Gasteiger partial charge in [-0.2, -0.15) is 0 Å². The van der Waals surface area contributed by atoms with Crippen LogP contribution in [0.25, 0.3) is 11.0 Å². The molecule has 0 aliphatic carbocycles. The van der Waals surface area contributed by atoms with E-state index in [2.05, 4.69) is 5.32 Å². The Bertz CT molecular complexity index is 571. The zero-order chi connectivity index (χ0) is 10.8. The average molecular weight is 203 g/mol. The Balaban J connectivity index is 2.52. The summed E-state index contributed by atoms with van der Waals surface area (Å²) in [5.74, 6) is -0.133. The van der Waals surface area contributed by atoms with Gasteiger partial charge in [-0.25, -0.2) is 4.79 Å². The van der Waals surface area contributed by atoms with Crippen molar-refractivity contribution >= 4 is 22.6 Å². The zero-order valence-corrected chi connectivity index (χ0v) is 8.11. The van der Waals surface area contributed by atoms with Crippen molar-refractivity contribution in [2.24, 2.45) is 0 Å². The Morgan fingerprint density at radius 1 is 1.27 bits per heavy atom. The molecule has 0 spiro atoms. The predicted molar refractivity (Wildman–Crippen MR) is 56.8 cm³/mol. The Morgan fingerprint density at radius 3 is 2.80 bits per heavy atom. The number of hydrogen-bond donors (Lipinski definition) is 1. The highest BCUT2D eigenvalue weighted by Gasteiger charge is 1.99. The molecular formula is C11H9NO3. The highest BCUT2D eigenvalue weighted by molar-refractivity contribution is 5.91. The number of hydrogen-bond acceptors (Lipinski definition) is 3. The molecule has 1 N–H and O–H groups in total. The van der Waals surface area contributed by atoms with Crippen molar-refractivity contribution in [2.75, 3.05) is 5.32 Å². The number of rotatable bonds is 1. The van der Waals surface area contributed by atoms with E-state index in [-0.39, 0.29) is 11.5 Å². The molecule has 1 aromatic heterocycles. The second-order valence-corrected chi connectivity index (χ2v) is 3.19. The summed E-state index contributed by atoms with van der Waals surface area (Å²) in [4.78, 5) is 21.7. The molecule has 4 nitrogen and oxygen atoms in total. The van der Waals surface area contributed by atoms with Gasteiger partial charge in [-0.3, -0.25) is 4.79 Å². The lowest BCUT2D eigenvalue weighted by molar-refractivity contribution is -0.114. The van der Waals surface area contributed by atoms with Crippen LogP contribution in [0, 0.1) is 0 Å².